The van der Waals surface area contributed by atoms with Gasteiger partial charge in [0.2, 0.25) is 0 Å². The van der Waals surface area contributed by atoms with E-state index in [0.717, 1.165) is 43.2 Å². The van der Waals surface area contributed by atoms with Gasteiger partial charge in [-0.05, 0) is 43.1 Å². The smallest absolute Gasteiger partial charge is 0.396 e. The Morgan fingerprint density at radius 1 is 1.27 bits per heavy atom. The molecular formula is C19H27NO5S. The number of fused-ring (bicyclic) bond motifs is 1. The zero-order chi connectivity index (χ0) is 19.5. The molecule has 26 heavy (non-hydrogen) atoms. The SMILES string of the molecule is CCOC(=O)c1c(NC(=O)C(=O)OC)sc2c1CC[C@@H](C(C)(C)CC)C2. The summed E-state index contributed by atoms with van der Waals surface area (Å²) in [6.45, 7) is 8.71. The number of carbonyl (C=O) groups excluding carboxylic acids is 3. The van der Waals surface area contributed by atoms with E-state index in [-0.39, 0.29) is 12.0 Å². The number of anilines is 1. The number of esters is 2. The monoisotopic (exact) mass is 381 g/mol. The lowest BCUT2D eigenvalue weighted by molar-refractivity contribution is -0.150. The van der Waals surface area contributed by atoms with Crippen molar-refractivity contribution in [1.82, 2.24) is 0 Å². The van der Waals surface area contributed by atoms with Gasteiger partial charge in [0, 0.05) is 4.88 Å². The fraction of sp³-hybridized carbons (Fsp3) is 0.632. The molecule has 0 saturated carbocycles. The van der Waals surface area contributed by atoms with E-state index in [9.17, 15) is 14.4 Å². The highest BCUT2D eigenvalue weighted by Gasteiger charge is 2.36. The van der Waals surface area contributed by atoms with E-state index in [4.69, 9.17) is 4.74 Å². The number of thiophene rings is 1. The van der Waals surface area contributed by atoms with E-state index in [1.807, 2.05) is 0 Å². The molecule has 0 aromatic carbocycles. The molecule has 0 bridgehead atoms. The minimum atomic E-state index is -0.990. The average Bonchev–Trinajstić information content (AvgIpc) is 2.97. The first-order valence-corrected chi connectivity index (χ1v) is 9.77. The van der Waals surface area contributed by atoms with Crippen molar-refractivity contribution in [3.8, 4) is 0 Å². The lowest BCUT2D eigenvalue weighted by atomic mass is 9.69. The molecule has 0 aliphatic heterocycles. The minimum absolute atomic E-state index is 0.210. The molecule has 1 aliphatic carbocycles. The second-order valence-electron chi connectivity index (χ2n) is 7.16. The van der Waals surface area contributed by atoms with Gasteiger partial charge in [0.05, 0.1) is 19.3 Å². The van der Waals surface area contributed by atoms with E-state index in [1.165, 1.54) is 11.3 Å². The van der Waals surface area contributed by atoms with Gasteiger partial charge in [0.1, 0.15) is 5.00 Å². The molecule has 144 valence electrons. The molecule has 1 atom stereocenters. The largest absolute Gasteiger partial charge is 0.462 e. The summed E-state index contributed by atoms with van der Waals surface area (Å²) in [7, 11) is 1.14. The van der Waals surface area contributed by atoms with Gasteiger partial charge in [-0.1, -0.05) is 27.2 Å². The molecule has 6 nitrogen and oxygen atoms in total. The Bertz CT molecular complexity index is 707. The summed E-state index contributed by atoms with van der Waals surface area (Å²) in [5.74, 6) is -1.82. The Hall–Kier alpha value is -1.89. The van der Waals surface area contributed by atoms with Crippen molar-refractivity contribution in [3.63, 3.8) is 0 Å². The van der Waals surface area contributed by atoms with Crippen molar-refractivity contribution in [2.45, 2.75) is 53.4 Å². The van der Waals surface area contributed by atoms with Crippen LogP contribution in [0.1, 0.15) is 61.3 Å². The highest BCUT2D eigenvalue weighted by atomic mass is 32.1. The van der Waals surface area contributed by atoms with Gasteiger partial charge in [-0.2, -0.15) is 0 Å². The fourth-order valence-electron chi connectivity index (χ4n) is 3.30. The number of amides is 1. The predicted molar refractivity (Wildman–Crippen MR) is 101 cm³/mol. The topological polar surface area (TPSA) is 81.7 Å². The van der Waals surface area contributed by atoms with Crippen LogP contribution in [-0.4, -0.2) is 31.6 Å². The van der Waals surface area contributed by atoms with Crippen LogP contribution in [0, 0.1) is 11.3 Å². The average molecular weight is 381 g/mol. The van der Waals surface area contributed by atoms with Crippen LogP contribution in [0.3, 0.4) is 0 Å². The molecule has 0 fully saturated rings. The third-order valence-corrected chi connectivity index (χ3v) is 6.53. The lowest BCUT2D eigenvalue weighted by Crippen LogP contribution is -2.28. The summed E-state index contributed by atoms with van der Waals surface area (Å²) >= 11 is 1.36. The quantitative estimate of drug-likeness (QED) is 0.623. The Morgan fingerprint density at radius 3 is 2.54 bits per heavy atom. The Labute approximate surface area is 158 Å². The van der Waals surface area contributed by atoms with Gasteiger partial charge >= 0.3 is 17.8 Å². The van der Waals surface area contributed by atoms with Gasteiger partial charge in [-0.25, -0.2) is 9.59 Å². The van der Waals surface area contributed by atoms with E-state index in [1.54, 1.807) is 6.92 Å². The van der Waals surface area contributed by atoms with Crippen LogP contribution in [-0.2, 0) is 31.9 Å². The van der Waals surface area contributed by atoms with E-state index in [2.05, 4.69) is 30.8 Å². The van der Waals surface area contributed by atoms with Crippen LogP contribution in [0.15, 0.2) is 0 Å². The molecule has 1 aromatic rings. The molecule has 1 aromatic heterocycles. The molecule has 0 spiro atoms. The van der Waals surface area contributed by atoms with Crippen LogP contribution in [0.5, 0.6) is 0 Å². The van der Waals surface area contributed by atoms with Gasteiger partial charge in [-0.15, -0.1) is 11.3 Å². The van der Waals surface area contributed by atoms with Crippen LogP contribution >= 0.6 is 11.3 Å². The Morgan fingerprint density at radius 2 is 1.96 bits per heavy atom. The van der Waals surface area contributed by atoms with Gasteiger partial charge in [0.15, 0.2) is 0 Å². The standard InChI is InChI=1S/C19H27NO5S/c1-6-19(3,4)11-8-9-12-13(10-11)26-16(14(12)17(22)25-7-2)20-15(21)18(23)24-5/h11H,6-10H2,1-5H3,(H,20,21)/t11-/m1/s1. The molecule has 0 radical (unpaired) electrons. The maximum Gasteiger partial charge on any atom is 0.396 e. The maximum atomic E-state index is 12.5. The maximum absolute atomic E-state index is 12.5. The first kappa shape index (κ1) is 20.4. The minimum Gasteiger partial charge on any atom is -0.462 e. The summed E-state index contributed by atoms with van der Waals surface area (Å²) in [4.78, 5) is 36.9. The highest BCUT2D eigenvalue weighted by Crippen LogP contribution is 2.45. The highest BCUT2D eigenvalue weighted by molar-refractivity contribution is 7.17. The van der Waals surface area contributed by atoms with Crippen molar-refractivity contribution in [2.75, 3.05) is 19.0 Å². The normalized spacial score (nSPS) is 16.6. The van der Waals surface area contributed by atoms with Crippen LogP contribution in [0.25, 0.3) is 0 Å². The summed E-state index contributed by atoms with van der Waals surface area (Å²) in [5, 5.41) is 2.90. The molecule has 0 unspecified atom stereocenters. The third kappa shape index (κ3) is 4.09. The summed E-state index contributed by atoms with van der Waals surface area (Å²) < 4.78 is 9.62. The van der Waals surface area contributed by atoms with Gasteiger partial charge in [-0.3, -0.25) is 4.79 Å². The van der Waals surface area contributed by atoms with Crippen molar-refractivity contribution in [1.29, 1.82) is 0 Å². The predicted octanol–water partition coefficient (Wildman–Crippen LogP) is 3.58. The Balaban J connectivity index is 2.39. The molecule has 1 heterocycles. The molecule has 1 amide bonds. The van der Waals surface area contributed by atoms with Crippen LogP contribution < -0.4 is 5.32 Å². The second kappa shape index (κ2) is 8.20. The van der Waals surface area contributed by atoms with Crippen LogP contribution in [0.4, 0.5) is 5.00 Å². The summed E-state index contributed by atoms with van der Waals surface area (Å²) in [5.41, 5.74) is 1.54. The fourth-order valence-corrected chi connectivity index (χ4v) is 4.61. The van der Waals surface area contributed by atoms with E-state index in [0.29, 0.717) is 16.5 Å². The molecule has 1 aliphatic rings. The van der Waals surface area contributed by atoms with E-state index >= 15 is 0 Å². The van der Waals surface area contributed by atoms with E-state index < -0.39 is 17.8 Å². The molecule has 0 saturated heterocycles. The molecule has 7 heteroatoms. The number of ether oxygens (including phenoxy) is 2. The molecule has 1 N–H and O–H groups in total. The zero-order valence-corrected chi connectivity index (χ0v) is 16.9. The van der Waals surface area contributed by atoms with Crippen molar-refractivity contribution in [3.05, 3.63) is 16.0 Å². The number of nitrogens with one attached hydrogen (secondary N) is 1. The number of methoxy groups -OCH3 is 1. The van der Waals surface area contributed by atoms with Crippen molar-refractivity contribution >= 4 is 34.2 Å². The number of carbonyl (C=O) groups is 3. The Kier molecular flexibility index (Phi) is 6.44. The third-order valence-electron chi connectivity index (χ3n) is 5.36. The summed E-state index contributed by atoms with van der Waals surface area (Å²) in [6.07, 6.45) is 3.69. The number of hydrogen-bond donors (Lipinski definition) is 1. The molecular weight excluding hydrogens is 354 g/mol. The van der Waals surface area contributed by atoms with Gasteiger partial charge < -0.3 is 14.8 Å². The number of rotatable bonds is 5. The zero-order valence-electron chi connectivity index (χ0n) is 16.1. The first-order valence-electron chi connectivity index (χ1n) is 8.96. The first-order chi connectivity index (χ1) is 12.2. The second-order valence-corrected chi connectivity index (χ2v) is 8.26. The lowest BCUT2D eigenvalue weighted by Gasteiger charge is -2.36. The van der Waals surface area contributed by atoms with Crippen molar-refractivity contribution in [2.24, 2.45) is 11.3 Å². The van der Waals surface area contributed by atoms with Crippen molar-refractivity contribution < 1.29 is 23.9 Å². The van der Waals surface area contributed by atoms with Crippen LogP contribution in [0.2, 0.25) is 0 Å². The summed E-state index contributed by atoms with van der Waals surface area (Å²) in [6, 6.07) is 0. The molecule has 2 rings (SSSR count). The van der Waals surface area contributed by atoms with Gasteiger partial charge in [0.25, 0.3) is 0 Å². The number of hydrogen-bond acceptors (Lipinski definition) is 6.